The molecule has 4 heteroatoms. The molecule has 0 saturated heterocycles. The van der Waals surface area contributed by atoms with Crippen LogP contribution in [0.5, 0.6) is 0 Å². The normalized spacial score (nSPS) is 13.4. The quantitative estimate of drug-likeness (QED) is 0.288. The molecule has 0 heterocycles. The van der Waals surface area contributed by atoms with Crippen LogP contribution in [0.15, 0.2) is 0 Å². The Balaban J connectivity index is 3.66. The maximum absolute atomic E-state index is 12.2. The van der Waals surface area contributed by atoms with E-state index in [0.29, 0.717) is 13.0 Å². The van der Waals surface area contributed by atoms with Gasteiger partial charge in [0.2, 0.25) is 5.91 Å². The van der Waals surface area contributed by atoms with Gasteiger partial charge in [-0.2, -0.15) is 0 Å². The maximum Gasteiger partial charge on any atom is 0.225 e. The molecule has 2 unspecified atom stereocenters. The topological polar surface area (TPSA) is 46.6 Å². The third-order valence-corrected chi connectivity index (χ3v) is 5.36. The van der Waals surface area contributed by atoms with E-state index in [-0.39, 0.29) is 30.1 Å². The van der Waals surface area contributed by atoms with Crippen LogP contribution in [0.25, 0.3) is 0 Å². The van der Waals surface area contributed by atoms with Crippen molar-refractivity contribution in [2.24, 2.45) is 11.8 Å². The molecule has 0 bridgehead atoms. The predicted molar refractivity (Wildman–Crippen MR) is 114 cm³/mol. The second-order valence-corrected chi connectivity index (χ2v) is 8.18. The molecule has 0 aliphatic rings. The highest BCUT2D eigenvalue weighted by atomic mass is 16.5. The molecule has 0 aliphatic carbocycles. The number of carbonyl (C=O) groups excluding carboxylic acids is 2. The van der Waals surface area contributed by atoms with Crippen LogP contribution in [-0.2, 0) is 14.3 Å². The van der Waals surface area contributed by atoms with Crippen molar-refractivity contribution in [3.8, 4) is 0 Å². The van der Waals surface area contributed by atoms with Crippen molar-refractivity contribution in [3.63, 3.8) is 0 Å². The van der Waals surface area contributed by atoms with Crippen molar-refractivity contribution in [2.45, 2.75) is 97.8 Å². The molecular weight excluding hydrogens is 338 g/mol. The van der Waals surface area contributed by atoms with Gasteiger partial charge in [-0.15, -0.1) is 0 Å². The molecule has 0 aromatic carbocycles. The fourth-order valence-corrected chi connectivity index (χ4v) is 3.37. The molecule has 0 rings (SSSR count). The first kappa shape index (κ1) is 26.1. The summed E-state index contributed by atoms with van der Waals surface area (Å²) in [5, 5.41) is 0. The molecular formula is C23H45NO3. The molecule has 0 aromatic rings. The molecule has 4 nitrogen and oxygen atoms in total. The second kappa shape index (κ2) is 17.2. The second-order valence-electron chi connectivity index (χ2n) is 8.18. The van der Waals surface area contributed by atoms with Crippen LogP contribution in [-0.4, -0.2) is 43.9 Å². The van der Waals surface area contributed by atoms with E-state index < -0.39 is 0 Å². The number of amides is 1. The molecule has 27 heavy (non-hydrogen) atoms. The smallest absolute Gasteiger partial charge is 0.225 e. The van der Waals surface area contributed by atoms with Crippen molar-refractivity contribution in [1.29, 1.82) is 0 Å². The molecule has 0 spiro atoms. The van der Waals surface area contributed by atoms with Crippen LogP contribution < -0.4 is 0 Å². The molecule has 1 amide bonds. The monoisotopic (exact) mass is 383 g/mol. The minimum absolute atomic E-state index is 0.0686. The number of ether oxygens (including phenoxy) is 1. The van der Waals surface area contributed by atoms with E-state index in [1.807, 2.05) is 13.8 Å². The Labute approximate surface area is 168 Å². The van der Waals surface area contributed by atoms with Crippen LogP contribution in [0.4, 0.5) is 0 Å². The van der Waals surface area contributed by atoms with E-state index in [4.69, 9.17) is 4.74 Å². The Morgan fingerprint density at radius 1 is 0.852 bits per heavy atom. The van der Waals surface area contributed by atoms with Gasteiger partial charge in [0.05, 0.1) is 0 Å². The Hall–Kier alpha value is -0.900. The minimum Gasteiger partial charge on any atom is -0.374 e. The summed E-state index contributed by atoms with van der Waals surface area (Å²) in [6, 6.07) is 0. The number of rotatable bonds is 18. The van der Waals surface area contributed by atoms with Crippen molar-refractivity contribution >= 4 is 11.7 Å². The predicted octanol–water partition coefficient (Wildman–Crippen LogP) is 5.63. The zero-order valence-corrected chi connectivity index (χ0v) is 18.7. The van der Waals surface area contributed by atoms with Crippen LogP contribution >= 0.6 is 0 Å². The van der Waals surface area contributed by atoms with Gasteiger partial charge in [0.15, 0.2) is 5.78 Å². The van der Waals surface area contributed by atoms with E-state index in [1.54, 1.807) is 19.0 Å². The van der Waals surface area contributed by atoms with Crippen molar-refractivity contribution in [1.82, 2.24) is 4.90 Å². The summed E-state index contributed by atoms with van der Waals surface area (Å²) >= 11 is 0. The highest BCUT2D eigenvalue weighted by molar-refractivity contribution is 5.83. The van der Waals surface area contributed by atoms with Crippen LogP contribution in [0.3, 0.4) is 0 Å². The lowest BCUT2D eigenvalue weighted by molar-refractivity contribution is -0.134. The zero-order valence-electron chi connectivity index (χ0n) is 18.7. The lowest BCUT2D eigenvalue weighted by atomic mass is 9.90. The average Bonchev–Trinajstić information content (AvgIpc) is 2.65. The van der Waals surface area contributed by atoms with E-state index in [1.165, 1.54) is 57.8 Å². The third-order valence-electron chi connectivity index (χ3n) is 5.36. The van der Waals surface area contributed by atoms with Crippen LogP contribution in [0, 0.1) is 11.8 Å². The van der Waals surface area contributed by atoms with Crippen molar-refractivity contribution in [3.05, 3.63) is 0 Å². The number of hydrogen-bond acceptors (Lipinski definition) is 3. The summed E-state index contributed by atoms with van der Waals surface area (Å²) in [4.78, 5) is 25.9. The number of unbranched alkanes of at least 4 members (excludes halogenated alkanes) is 9. The molecule has 0 N–H and O–H groups in total. The number of ketones is 1. The highest BCUT2D eigenvalue weighted by Crippen LogP contribution is 2.18. The molecule has 160 valence electrons. The summed E-state index contributed by atoms with van der Waals surface area (Å²) in [6.07, 6.45) is 14.4. The van der Waals surface area contributed by atoms with E-state index in [2.05, 4.69) is 6.92 Å². The summed E-state index contributed by atoms with van der Waals surface area (Å²) in [5.74, 6) is 0.0444. The molecule has 0 saturated carbocycles. The molecule has 0 fully saturated rings. The molecule has 0 radical (unpaired) electrons. The van der Waals surface area contributed by atoms with Gasteiger partial charge < -0.3 is 9.64 Å². The van der Waals surface area contributed by atoms with Gasteiger partial charge in [-0.05, 0) is 19.3 Å². The maximum atomic E-state index is 12.2. The zero-order chi connectivity index (χ0) is 20.5. The Morgan fingerprint density at radius 3 is 1.85 bits per heavy atom. The summed E-state index contributed by atoms with van der Waals surface area (Å²) < 4.78 is 5.57. The summed E-state index contributed by atoms with van der Waals surface area (Å²) in [6.45, 7) is 7.03. The Kier molecular flexibility index (Phi) is 16.6. The van der Waals surface area contributed by atoms with E-state index >= 15 is 0 Å². The average molecular weight is 384 g/mol. The van der Waals surface area contributed by atoms with Crippen LogP contribution in [0.1, 0.15) is 97.8 Å². The first-order chi connectivity index (χ1) is 12.9. The third kappa shape index (κ3) is 13.8. The lowest BCUT2D eigenvalue weighted by Crippen LogP contribution is -2.32. The minimum atomic E-state index is -0.119. The molecule has 0 aromatic heterocycles. The number of nitrogens with zero attached hydrogens (tertiary/aromatic N) is 1. The molecule has 0 aliphatic heterocycles. The van der Waals surface area contributed by atoms with Crippen LogP contribution in [0.2, 0.25) is 0 Å². The molecule has 2 atom stereocenters. The lowest BCUT2D eigenvalue weighted by Gasteiger charge is -2.21. The van der Waals surface area contributed by atoms with Gasteiger partial charge >= 0.3 is 0 Å². The number of hydrogen-bond donors (Lipinski definition) is 0. The highest BCUT2D eigenvalue weighted by Gasteiger charge is 2.24. The first-order valence-electron chi connectivity index (χ1n) is 11.3. The van der Waals surface area contributed by atoms with Gasteiger partial charge in [-0.25, -0.2) is 0 Å². The number of Topliss-reactive ketones (excluding diaryl/α,β-unsaturated/α-hetero) is 1. The standard InChI is InChI=1S/C23H45NO3/c1-6-8-9-10-11-12-13-14-15-16-17-27-19-22(25)20(3)18-21(7-2)23(26)24(4)5/h20-21H,6-19H2,1-5H3. The van der Waals surface area contributed by atoms with Gasteiger partial charge in [0.25, 0.3) is 0 Å². The Morgan fingerprint density at radius 2 is 1.37 bits per heavy atom. The van der Waals surface area contributed by atoms with Gasteiger partial charge in [-0.3, -0.25) is 9.59 Å². The Bertz CT molecular complexity index is 382. The first-order valence-corrected chi connectivity index (χ1v) is 11.3. The fraction of sp³-hybridized carbons (Fsp3) is 0.913. The van der Waals surface area contributed by atoms with Gasteiger partial charge in [0.1, 0.15) is 6.61 Å². The van der Waals surface area contributed by atoms with Gasteiger partial charge in [0, 0.05) is 32.5 Å². The summed E-state index contributed by atoms with van der Waals surface area (Å²) in [5.41, 5.74) is 0. The van der Waals surface area contributed by atoms with Crippen molar-refractivity contribution < 1.29 is 14.3 Å². The van der Waals surface area contributed by atoms with Gasteiger partial charge in [-0.1, -0.05) is 78.6 Å². The van der Waals surface area contributed by atoms with Crippen molar-refractivity contribution in [2.75, 3.05) is 27.3 Å². The number of carbonyl (C=O) groups is 2. The van der Waals surface area contributed by atoms with E-state index in [0.717, 1.165) is 12.8 Å². The summed E-state index contributed by atoms with van der Waals surface area (Å²) in [7, 11) is 3.54. The SMILES string of the molecule is CCCCCCCCCCCCOCC(=O)C(C)CC(CC)C(=O)N(C)C. The largest absolute Gasteiger partial charge is 0.374 e. The van der Waals surface area contributed by atoms with E-state index in [9.17, 15) is 9.59 Å². The fourth-order valence-electron chi connectivity index (χ4n) is 3.37.